The molecule has 1 saturated heterocycles. The van der Waals surface area contributed by atoms with E-state index < -0.39 is 43.8 Å². The van der Waals surface area contributed by atoms with E-state index in [-0.39, 0.29) is 65.6 Å². The largest absolute Gasteiger partial charge is 0.491 e. The monoisotopic (exact) mass is 832 g/mol. The molecule has 5 rings (SSSR count). The second-order valence-corrected chi connectivity index (χ2v) is 14.2. The van der Waals surface area contributed by atoms with E-state index in [0.29, 0.717) is 6.42 Å². The Balaban J connectivity index is 1.47. The average Bonchev–Trinajstić information content (AvgIpc) is 3.52. The summed E-state index contributed by atoms with van der Waals surface area (Å²) in [6.45, 7) is 1.82. The van der Waals surface area contributed by atoms with Crippen molar-refractivity contribution in [2.45, 2.75) is 95.2 Å². The van der Waals surface area contributed by atoms with Gasteiger partial charge in [0, 0.05) is 48.5 Å². The molecular weight excluding hydrogens is 784 g/mol. The lowest BCUT2D eigenvalue weighted by atomic mass is 10.0. The SMILES string of the molecule is CCCCCCCCCCCCO[C@]1(COc2ccc([N+](=O)[O-])cc2)O[C@H](COc2ccc([N+](=O)[O-])cc2)[C@@H](Oc2ccc([N+](=O)[O-])cc2)[C@@H]1Oc1ccc([N+](=O)[O-])cc1. The molecule has 4 aromatic carbocycles. The van der Waals surface area contributed by atoms with Crippen molar-refractivity contribution in [1.29, 1.82) is 0 Å². The first-order valence-electron chi connectivity index (χ1n) is 19.9. The number of ether oxygens (including phenoxy) is 6. The number of benzene rings is 4. The van der Waals surface area contributed by atoms with Crippen molar-refractivity contribution >= 4 is 22.7 Å². The third-order valence-electron chi connectivity index (χ3n) is 9.87. The summed E-state index contributed by atoms with van der Waals surface area (Å²) in [7, 11) is 0. The van der Waals surface area contributed by atoms with Crippen LogP contribution in [0.25, 0.3) is 0 Å². The average molecular weight is 833 g/mol. The highest BCUT2D eigenvalue weighted by Gasteiger charge is 2.61. The van der Waals surface area contributed by atoms with Crippen molar-refractivity contribution in [1.82, 2.24) is 0 Å². The van der Waals surface area contributed by atoms with Crippen molar-refractivity contribution in [3.8, 4) is 23.0 Å². The van der Waals surface area contributed by atoms with Gasteiger partial charge < -0.3 is 28.4 Å². The van der Waals surface area contributed by atoms with Gasteiger partial charge in [0.1, 0.15) is 42.3 Å². The maximum Gasteiger partial charge on any atom is 0.269 e. The zero-order chi connectivity index (χ0) is 42.9. The van der Waals surface area contributed by atoms with Crippen LogP contribution >= 0.6 is 0 Å². The smallest absolute Gasteiger partial charge is 0.269 e. The number of non-ortho nitro benzene ring substituents is 4. The van der Waals surface area contributed by atoms with Gasteiger partial charge in [-0.15, -0.1) is 0 Å². The van der Waals surface area contributed by atoms with Gasteiger partial charge >= 0.3 is 0 Å². The number of hydrogen-bond acceptors (Lipinski definition) is 14. The van der Waals surface area contributed by atoms with Crippen LogP contribution in [0, 0.1) is 40.5 Å². The summed E-state index contributed by atoms with van der Waals surface area (Å²) < 4.78 is 38.8. The summed E-state index contributed by atoms with van der Waals surface area (Å²) in [6.07, 6.45) is 7.47. The lowest BCUT2D eigenvalue weighted by Gasteiger charge is -2.35. The van der Waals surface area contributed by atoms with Gasteiger partial charge in [-0.1, -0.05) is 64.7 Å². The highest BCUT2D eigenvalue weighted by Crippen LogP contribution is 2.40. The molecule has 18 heteroatoms. The van der Waals surface area contributed by atoms with Crippen LogP contribution < -0.4 is 18.9 Å². The van der Waals surface area contributed by atoms with E-state index in [4.69, 9.17) is 28.4 Å². The molecule has 1 aliphatic heterocycles. The highest BCUT2D eigenvalue weighted by molar-refractivity contribution is 5.39. The quantitative estimate of drug-likeness (QED) is 0.0326. The van der Waals surface area contributed by atoms with Gasteiger partial charge in [-0.3, -0.25) is 40.5 Å². The van der Waals surface area contributed by atoms with E-state index in [1.807, 2.05) is 0 Å². The van der Waals surface area contributed by atoms with Gasteiger partial charge in [0.05, 0.1) is 26.3 Å². The molecule has 4 atom stereocenters. The van der Waals surface area contributed by atoms with Crippen LogP contribution in [0.1, 0.15) is 71.1 Å². The Labute approximate surface area is 345 Å². The fraction of sp³-hybridized carbons (Fsp3) is 0.429. The number of nitro benzene ring substituents is 4. The minimum absolute atomic E-state index is 0.141. The van der Waals surface area contributed by atoms with E-state index in [1.165, 1.54) is 129 Å². The lowest BCUT2D eigenvalue weighted by molar-refractivity contribution is -0.385. The predicted molar refractivity (Wildman–Crippen MR) is 218 cm³/mol. The van der Waals surface area contributed by atoms with Crippen LogP contribution in [0.3, 0.4) is 0 Å². The normalized spacial score (nSPS) is 18.4. The maximum atomic E-state index is 11.5. The molecule has 0 N–H and O–H groups in total. The van der Waals surface area contributed by atoms with Crippen LogP contribution in [0.15, 0.2) is 97.1 Å². The molecule has 0 amide bonds. The molecule has 1 aliphatic rings. The first kappa shape index (κ1) is 44.7. The Hall–Kier alpha value is -6.40. The maximum absolute atomic E-state index is 11.5. The zero-order valence-corrected chi connectivity index (χ0v) is 33.2. The van der Waals surface area contributed by atoms with Crippen LogP contribution in [-0.4, -0.2) is 63.6 Å². The Morgan fingerprint density at radius 1 is 0.517 bits per heavy atom. The fourth-order valence-electron chi connectivity index (χ4n) is 6.65. The molecule has 320 valence electrons. The van der Waals surface area contributed by atoms with E-state index in [9.17, 15) is 40.5 Å². The van der Waals surface area contributed by atoms with Gasteiger partial charge in [-0.2, -0.15) is 0 Å². The van der Waals surface area contributed by atoms with Crippen LogP contribution in [-0.2, 0) is 9.47 Å². The lowest BCUT2D eigenvalue weighted by Crippen LogP contribution is -2.54. The summed E-state index contributed by atoms with van der Waals surface area (Å²) in [5.74, 6) is -0.868. The summed E-state index contributed by atoms with van der Waals surface area (Å²) in [5.41, 5.74) is -0.639. The number of hydrogen-bond donors (Lipinski definition) is 0. The van der Waals surface area contributed by atoms with E-state index in [2.05, 4.69) is 6.92 Å². The number of nitro groups is 4. The number of nitrogens with zero attached hydrogens (tertiary/aromatic N) is 4. The molecule has 0 saturated carbocycles. The van der Waals surface area contributed by atoms with Crippen molar-refractivity contribution in [2.24, 2.45) is 0 Å². The van der Waals surface area contributed by atoms with Crippen LogP contribution in [0.4, 0.5) is 22.7 Å². The van der Waals surface area contributed by atoms with E-state index in [0.717, 1.165) is 25.7 Å². The summed E-state index contributed by atoms with van der Waals surface area (Å²) >= 11 is 0. The molecule has 4 aromatic rings. The zero-order valence-electron chi connectivity index (χ0n) is 33.2. The first-order chi connectivity index (χ1) is 29.0. The number of rotatable bonds is 26. The predicted octanol–water partition coefficient (Wildman–Crippen LogP) is 9.71. The fourth-order valence-corrected chi connectivity index (χ4v) is 6.65. The molecule has 0 aromatic heterocycles. The van der Waals surface area contributed by atoms with Gasteiger partial charge in [-0.25, -0.2) is 0 Å². The number of unbranched alkanes of at least 4 members (excludes halogenated alkanes) is 9. The summed E-state index contributed by atoms with van der Waals surface area (Å²) in [5, 5.41) is 45.6. The standard InChI is InChI=1S/C42H48N4O14/c1-2-3-4-5-6-7-8-9-10-11-28-57-42(30-56-36-22-14-32(15-23-36)44(49)50)41(59-38-26-18-34(19-27-38)46(53)54)40(58-37-24-16-33(17-25-37)45(51)52)39(60-42)29-55-35-20-12-31(13-21-35)43(47)48/h12-27,39-41H,2-11,28-30H2,1H3/t39-,40-,41+,42-/m1/s1. The minimum Gasteiger partial charge on any atom is -0.491 e. The summed E-state index contributed by atoms with van der Waals surface area (Å²) in [6, 6.07) is 21.6. The molecule has 0 unspecified atom stereocenters. The Bertz CT molecular complexity index is 2000. The Morgan fingerprint density at radius 2 is 0.900 bits per heavy atom. The molecule has 0 radical (unpaired) electrons. The molecule has 60 heavy (non-hydrogen) atoms. The molecular formula is C42H48N4O14. The Kier molecular flexibility index (Phi) is 16.5. The third-order valence-corrected chi connectivity index (χ3v) is 9.87. The second-order valence-electron chi connectivity index (χ2n) is 14.2. The van der Waals surface area contributed by atoms with Crippen molar-refractivity contribution < 1.29 is 48.1 Å². The summed E-state index contributed by atoms with van der Waals surface area (Å²) in [4.78, 5) is 43.4. The van der Waals surface area contributed by atoms with E-state index >= 15 is 0 Å². The van der Waals surface area contributed by atoms with Crippen molar-refractivity contribution in [3.05, 3.63) is 138 Å². The van der Waals surface area contributed by atoms with Crippen molar-refractivity contribution in [3.63, 3.8) is 0 Å². The highest BCUT2D eigenvalue weighted by atomic mass is 16.8. The molecule has 1 heterocycles. The molecule has 0 spiro atoms. The topological polar surface area (TPSA) is 228 Å². The molecule has 18 nitrogen and oxygen atoms in total. The van der Waals surface area contributed by atoms with E-state index in [1.54, 1.807) is 0 Å². The molecule has 0 aliphatic carbocycles. The van der Waals surface area contributed by atoms with Crippen molar-refractivity contribution in [2.75, 3.05) is 19.8 Å². The molecule has 1 fully saturated rings. The minimum atomic E-state index is -1.78. The van der Waals surface area contributed by atoms with Gasteiger partial charge in [0.15, 0.2) is 12.2 Å². The Morgan fingerprint density at radius 3 is 1.33 bits per heavy atom. The van der Waals surface area contributed by atoms with Gasteiger partial charge in [0.2, 0.25) is 5.79 Å². The van der Waals surface area contributed by atoms with Crippen LogP contribution in [0.5, 0.6) is 23.0 Å². The second kappa shape index (κ2) is 22.1. The van der Waals surface area contributed by atoms with Gasteiger partial charge in [-0.05, 0) is 55.0 Å². The molecule has 0 bridgehead atoms. The van der Waals surface area contributed by atoms with Crippen LogP contribution in [0.2, 0.25) is 0 Å². The third kappa shape index (κ3) is 12.8. The first-order valence-corrected chi connectivity index (χ1v) is 19.9. The van der Waals surface area contributed by atoms with Gasteiger partial charge in [0.25, 0.3) is 22.7 Å².